The Bertz CT molecular complexity index is 785. The van der Waals surface area contributed by atoms with Gasteiger partial charge in [0.25, 0.3) is 0 Å². The normalized spacial score (nSPS) is 14.5. The van der Waals surface area contributed by atoms with E-state index in [4.69, 9.17) is 4.74 Å². The quantitative estimate of drug-likeness (QED) is 0.706. The summed E-state index contributed by atoms with van der Waals surface area (Å²) in [4.78, 5) is 3.54. The Hall–Kier alpha value is -1.93. The van der Waals surface area contributed by atoms with Crippen molar-refractivity contribution in [1.29, 1.82) is 0 Å². The third-order valence-corrected chi connectivity index (χ3v) is 5.78. The lowest BCUT2D eigenvalue weighted by atomic mass is 10.0. The highest BCUT2D eigenvalue weighted by atomic mass is 32.2. The molecule has 154 valence electrons. The van der Waals surface area contributed by atoms with Gasteiger partial charge in [-0.15, -0.1) is 0 Å². The summed E-state index contributed by atoms with van der Waals surface area (Å²) in [5.74, 6) is 0.749. The standard InChI is InChI=1S/C20H25F3N2O2S/c1-19(2,3)28(26)25-17(11-7-14-5-9-16(27-4)10-6-14)15-8-12-18(24-13-15)20(21,22)23/h5-6,8-10,12-13,17,25H,7,11H2,1-4H3. The fourth-order valence-electron chi connectivity index (χ4n) is 2.48. The highest BCUT2D eigenvalue weighted by Gasteiger charge is 2.32. The topological polar surface area (TPSA) is 51.2 Å². The third kappa shape index (κ3) is 6.31. The maximum Gasteiger partial charge on any atom is 0.433 e. The van der Waals surface area contributed by atoms with E-state index in [-0.39, 0.29) is 0 Å². The monoisotopic (exact) mass is 414 g/mol. The van der Waals surface area contributed by atoms with E-state index in [0.29, 0.717) is 18.4 Å². The number of hydrogen-bond donors (Lipinski definition) is 1. The first-order valence-corrected chi connectivity index (χ1v) is 10.00. The van der Waals surface area contributed by atoms with Crippen molar-refractivity contribution in [2.45, 2.75) is 50.6 Å². The van der Waals surface area contributed by atoms with E-state index < -0.39 is 33.6 Å². The Labute approximate surface area is 166 Å². The van der Waals surface area contributed by atoms with Crippen LogP contribution in [0.5, 0.6) is 5.75 Å². The van der Waals surface area contributed by atoms with Gasteiger partial charge in [0.05, 0.1) is 22.8 Å². The summed E-state index contributed by atoms with van der Waals surface area (Å²) >= 11 is 0. The molecule has 0 saturated carbocycles. The van der Waals surface area contributed by atoms with Crippen molar-refractivity contribution in [3.05, 3.63) is 59.4 Å². The van der Waals surface area contributed by atoms with Crippen LogP contribution in [-0.2, 0) is 23.6 Å². The summed E-state index contributed by atoms with van der Waals surface area (Å²) in [5.41, 5.74) is 0.676. The molecule has 0 spiro atoms. The van der Waals surface area contributed by atoms with Gasteiger partial charge in [-0.1, -0.05) is 18.2 Å². The van der Waals surface area contributed by atoms with Gasteiger partial charge in [0.2, 0.25) is 0 Å². The Morgan fingerprint density at radius 1 is 1.11 bits per heavy atom. The van der Waals surface area contributed by atoms with E-state index in [1.54, 1.807) is 7.11 Å². The van der Waals surface area contributed by atoms with E-state index in [9.17, 15) is 17.4 Å². The summed E-state index contributed by atoms with van der Waals surface area (Å²) in [5, 5.41) is 0. The minimum Gasteiger partial charge on any atom is -0.497 e. The molecular weight excluding hydrogens is 389 g/mol. The molecule has 0 fully saturated rings. The molecule has 0 radical (unpaired) electrons. The Morgan fingerprint density at radius 2 is 1.75 bits per heavy atom. The maximum atomic E-state index is 12.8. The van der Waals surface area contributed by atoms with Gasteiger partial charge in [-0.05, 0) is 62.9 Å². The van der Waals surface area contributed by atoms with Gasteiger partial charge in [-0.3, -0.25) is 4.98 Å². The van der Waals surface area contributed by atoms with Crippen LogP contribution in [0.3, 0.4) is 0 Å². The van der Waals surface area contributed by atoms with Crippen molar-refractivity contribution in [1.82, 2.24) is 9.71 Å². The van der Waals surface area contributed by atoms with Crippen molar-refractivity contribution in [3.8, 4) is 5.75 Å². The van der Waals surface area contributed by atoms with Crippen molar-refractivity contribution in [2.24, 2.45) is 0 Å². The van der Waals surface area contributed by atoms with E-state index in [0.717, 1.165) is 17.4 Å². The van der Waals surface area contributed by atoms with Gasteiger partial charge in [0, 0.05) is 12.2 Å². The first-order chi connectivity index (χ1) is 13.0. The molecule has 2 aromatic rings. The average molecular weight is 414 g/mol. The van der Waals surface area contributed by atoms with Crippen molar-refractivity contribution >= 4 is 11.0 Å². The van der Waals surface area contributed by atoms with Crippen molar-refractivity contribution in [3.63, 3.8) is 0 Å². The van der Waals surface area contributed by atoms with E-state index in [1.807, 2.05) is 45.0 Å². The molecule has 1 aromatic heterocycles. The number of aromatic nitrogens is 1. The first-order valence-electron chi connectivity index (χ1n) is 8.85. The highest BCUT2D eigenvalue weighted by molar-refractivity contribution is 7.84. The SMILES string of the molecule is COc1ccc(CCC(NS(=O)C(C)(C)C)c2ccc(C(F)(F)F)nc2)cc1. The van der Waals surface area contributed by atoms with Gasteiger partial charge >= 0.3 is 6.18 Å². The lowest BCUT2D eigenvalue weighted by Crippen LogP contribution is -2.36. The number of nitrogens with one attached hydrogen (secondary N) is 1. The molecule has 8 heteroatoms. The molecule has 2 rings (SSSR count). The van der Waals surface area contributed by atoms with Gasteiger partial charge in [0.1, 0.15) is 11.4 Å². The molecule has 2 unspecified atom stereocenters. The molecule has 0 aliphatic rings. The fourth-order valence-corrected chi connectivity index (χ4v) is 3.35. The second-order valence-corrected chi connectivity index (χ2v) is 9.41. The Kier molecular flexibility index (Phi) is 7.22. The Balaban J connectivity index is 2.19. The number of aryl methyl sites for hydroxylation is 1. The summed E-state index contributed by atoms with van der Waals surface area (Å²) in [6, 6.07) is 9.52. The van der Waals surface area contributed by atoms with E-state index >= 15 is 0 Å². The first kappa shape index (κ1) is 22.4. The molecule has 1 aromatic carbocycles. The number of hydrogen-bond acceptors (Lipinski definition) is 3. The van der Waals surface area contributed by atoms with Crippen LogP contribution in [0, 0.1) is 0 Å². The van der Waals surface area contributed by atoms with Crippen LogP contribution in [0.25, 0.3) is 0 Å². The van der Waals surface area contributed by atoms with E-state index in [1.165, 1.54) is 12.3 Å². The number of alkyl halides is 3. The molecule has 0 aliphatic carbocycles. The number of ether oxygens (including phenoxy) is 1. The number of benzene rings is 1. The third-order valence-electron chi connectivity index (χ3n) is 4.17. The molecule has 1 N–H and O–H groups in total. The van der Waals surface area contributed by atoms with Crippen molar-refractivity contribution in [2.75, 3.05) is 7.11 Å². The van der Waals surface area contributed by atoms with Gasteiger partial charge < -0.3 is 4.74 Å². The molecule has 0 amide bonds. The lowest BCUT2D eigenvalue weighted by Gasteiger charge is -2.24. The molecule has 4 nitrogen and oxygen atoms in total. The zero-order valence-corrected chi connectivity index (χ0v) is 17.2. The summed E-state index contributed by atoms with van der Waals surface area (Å²) in [7, 11) is 0.218. The second-order valence-electron chi connectivity index (χ2n) is 7.41. The number of halogens is 3. The summed E-state index contributed by atoms with van der Waals surface area (Å²) < 4.78 is 58.6. The number of methoxy groups -OCH3 is 1. The lowest BCUT2D eigenvalue weighted by molar-refractivity contribution is -0.141. The molecule has 0 saturated heterocycles. The van der Waals surface area contributed by atoms with Crippen LogP contribution in [-0.4, -0.2) is 21.0 Å². The molecule has 0 bridgehead atoms. The van der Waals surface area contributed by atoms with Crippen LogP contribution in [0.4, 0.5) is 13.2 Å². The minimum atomic E-state index is -4.49. The maximum absolute atomic E-state index is 12.8. The number of nitrogens with zero attached hydrogens (tertiary/aromatic N) is 1. The minimum absolute atomic E-state index is 0.392. The molecule has 0 aliphatic heterocycles. The Morgan fingerprint density at radius 3 is 2.21 bits per heavy atom. The molecular formula is C20H25F3N2O2S. The second kappa shape index (κ2) is 9.05. The van der Waals surface area contributed by atoms with Crippen LogP contribution in [0.1, 0.15) is 50.1 Å². The smallest absolute Gasteiger partial charge is 0.433 e. The fraction of sp³-hybridized carbons (Fsp3) is 0.450. The van der Waals surface area contributed by atoms with E-state index in [2.05, 4.69) is 9.71 Å². The van der Waals surface area contributed by atoms with Gasteiger partial charge in [0.15, 0.2) is 0 Å². The van der Waals surface area contributed by atoms with Crippen LogP contribution in [0.2, 0.25) is 0 Å². The predicted octanol–water partition coefficient (Wildman–Crippen LogP) is 4.83. The zero-order valence-electron chi connectivity index (χ0n) is 16.3. The summed E-state index contributed by atoms with van der Waals surface area (Å²) in [6.45, 7) is 5.50. The van der Waals surface area contributed by atoms with Crippen LogP contribution >= 0.6 is 0 Å². The highest BCUT2D eigenvalue weighted by Crippen LogP contribution is 2.29. The molecule has 1 heterocycles. The average Bonchev–Trinajstić information content (AvgIpc) is 2.64. The predicted molar refractivity (Wildman–Crippen MR) is 104 cm³/mol. The molecule has 28 heavy (non-hydrogen) atoms. The number of rotatable bonds is 7. The van der Waals surface area contributed by atoms with Crippen LogP contribution < -0.4 is 9.46 Å². The summed E-state index contributed by atoms with van der Waals surface area (Å²) in [6.07, 6.45) is -2.07. The zero-order chi connectivity index (χ0) is 20.9. The number of pyridine rings is 1. The van der Waals surface area contributed by atoms with Gasteiger partial charge in [-0.25, -0.2) is 8.93 Å². The van der Waals surface area contributed by atoms with Crippen molar-refractivity contribution < 1.29 is 22.1 Å². The van der Waals surface area contributed by atoms with Crippen LogP contribution in [0.15, 0.2) is 42.6 Å². The molecule has 2 atom stereocenters. The largest absolute Gasteiger partial charge is 0.497 e. The van der Waals surface area contributed by atoms with Gasteiger partial charge in [-0.2, -0.15) is 13.2 Å².